The van der Waals surface area contributed by atoms with E-state index < -0.39 is 34.5 Å². The second-order valence-electron chi connectivity index (χ2n) is 9.49. The Balaban J connectivity index is 1.76. The maximum absolute atomic E-state index is 13.4. The molecule has 1 unspecified atom stereocenters. The van der Waals surface area contributed by atoms with Gasteiger partial charge in [-0.1, -0.05) is 12.2 Å². The normalized spacial score (nSPS) is 17.1. The third kappa shape index (κ3) is 6.39. The Morgan fingerprint density at radius 3 is 2.35 bits per heavy atom. The summed E-state index contributed by atoms with van der Waals surface area (Å²) < 4.78 is 57.3. The van der Waals surface area contributed by atoms with Crippen LogP contribution in [0.5, 0.6) is 5.75 Å². The van der Waals surface area contributed by atoms with Crippen LogP contribution in [0.3, 0.4) is 0 Å². The van der Waals surface area contributed by atoms with Crippen LogP contribution in [0.4, 0.5) is 24.5 Å². The second-order valence-corrected chi connectivity index (χ2v) is 9.70. The fourth-order valence-corrected chi connectivity index (χ4v) is 4.34. The van der Waals surface area contributed by atoms with Crippen molar-refractivity contribution in [2.24, 2.45) is 0 Å². The van der Waals surface area contributed by atoms with Gasteiger partial charge in [0, 0.05) is 18.4 Å². The molecule has 1 aliphatic rings. The molecule has 0 N–H and O–H groups in total. The molecule has 1 aliphatic heterocycles. The van der Waals surface area contributed by atoms with Gasteiger partial charge in [0.1, 0.15) is 24.0 Å². The molecule has 7 nitrogen and oxygen atoms in total. The molecule has 1 heterocycles. The quantitative estimate of drug-likeness (QED) is 0.424. The summed E-state index contributed by atoms with van der Waals surface area (Å²) in [6, 6.07) is 11.6. The monoisotopic (exact) mass is 535 g/mol. The van der Waals surface area contributed by atoms with Crippen LogP contribution in [0.2, 0.25) is 0 Å². The van der Waals surface area contributed by atoms with E-state index in [2.05, 4.69) is 0 Å². The van der Waals surface area contributed by atoms with Crippen molar-refractivity contribution in [3.63, 3.8) is 0 Å². The first kappa shape index (κ1) is 28.4. The minimum absolute atomic E-state index is 0.00115. The predicted molar refractivity (Wildman–Crippen MR) is 137 cm³/mol. The van der Waals surface area contributed by atoms with Crippen molar-refractivity contribution in [1.29, 1.82) is 5.26 Å². The molecule has 0 spiro atoms. The number of alkyl halides is 3. The Kier molecular flexibility index (Phi) is 8.17. The maximum Gasteiger partial charge on any atom is 0.417 e. The molecule has 0 saturated carbocycles. The van der Waals surface area contributed by atoms with E-state index in [1.54, 1.807) is 43.0 Å². The number of rotatable bonds is 8. The highest BCUT2D eigenvalue weighted by Gasteiger charge is 2.39. The number of nitrogens with zero attached hydrogens (tertiary/aromatic N) is 3. The molecule has 0 aromatic heterocycles. The lowest BCUT2D eigenvalue weighted by Crippen LogP contribution is -2.55. The van der Waals surface area contributed by atoms with Crippen molar-refractivity contribution < 1.29 is 32.2 Å². The van der Waals surface area contributed by atoms with Gasteiger partial charge in [0.05, 0.1) is 29.3 Å². The summed E-state index contributed by atoms with van der Waals surface area (Å²) in [4.78, 5) is 16.1. The molecule has 1 fully saturated rings. The van der Waals surface area contributed by atoms with Crippen molar-refractivity contribution in [2.75, 3.05) is 30.1 Å². The smallest absolute Gasteiger partial charge is 0.417 e. The Bertz CT molecular complexity index is 1190. The lowest BCUT2D eigenvalue weighted by Gasteiger charge is -2.38. The van der Waals surface area contributed by atoms with Gasteiger partial charge in [-0.2, -0.15) is 18.4 Å². The highest BCUT2D eigenvalue weighted by molar-refractivity contribution is 7.79. The summed E-state index contributed by atoms with van der Waals surface area (Å²) in [5.74, 6) is -0.567. The summed E-state index contributed by atoms with van der Waals surface area (Å²) >= 11 is 5.19. The molecule has 1 atom stereocenters. The molecule has 0 bridgehead atoms. The molecule has 1 amide bonds. The molecule has 0 aliphatic carbocycles. The van der Waals surface area contributed by atoms with Gasteiger partial charge < -0.3 is 24.0 Å². The maximum atomic E-state index is 13.4. The van der Waals surface area contributed by atoms with Gasteiger partial charge in [0.15, 0.2) is 5.79 Å². The fraction of sp³-hybridized carbons (Fsp3) is 0.423. The number of benzene rings is 2. The Hall–Kier alpha value is -3.20. The zero-order valence-corrected chi connectivity index (χ0v) is 21.9. The summed E-state index contributed by atoms with van der Waals surface area (Å²) in [5, 5.41) is 9.04. The van der Waals surface area contributed by atoms with Crippen LogP contribution >= 0.6 is 12.2 Å². The van der Waals surface area contributed by atoms with Crippen molar-refractivity contribution in [1.82, 2.24) is 0 Å². The van der Waals surface area contributed by atoms with E-state index in [0.717, 1.165) is 17.0 Å². The van der Waals surface area contributed by atoms with Gasteiger partial charge in [-0.25, -0.2) is 0 Å². The molecular formula is C26H28F3N3O4S. The second kappa shape index (κ2) is 10.7. The van der Waals surface area contributed by atoms with Gasteiger partial charge in [0.25, 0.3) is 5.91 Å². The molecule has 3 rings (SSSR count). The first-order chi connectivity index (χ1) is 17.2. The predicted octanol–water partition coefficient (Wildman–Crippen LogP) is 5.31. The standard InChI is InChI=1S/C26H28F3N3O4S/c1-24(2,23(33)31(5)19-7-6-17(13-30)22(12-19)26(27,28)29)32(16-37)18-8-10-20(11-9-18)34-14-21-15-35-25(3,4)36-21/h6-12,16,21H,14-15H2,1-5H3. The number of amides is 1. The number of carbonyl (C=O) groups is 1. The van der Waals surface area contributed by atoms with E-state index in [9.17, 15) is 18.0 Å². The molecule has 2 aromatic rings. The molecule has 11 heteroatoms. The summed E-state index contributed by atoms with van der Waals surface area (Å²) in [5.41, 5.74) is -0.982. The summed E-state index contributed by atoms with van der Waals surface area (Å²) in [7, 11) is 1.38. The summed E-state index contributed by atoms with van der Waals surface area (Å²) in [6.07, 6.45) is -4.93. The van der Waals surface area contributed by atoms with Crippen LogP contribution in [-0.2, 0) is 20.4 Å². The lowest BCUT2D eigenvalue weighted by molar-refractivity contribution is -0.141. The molecule has 2 aromatic carbocycles. The molecule has 1 saturated heterocycles. The number of ether oxygens (including phenoxy) is 3. The largest absolute Gasteiger partial charge is 0.491 e. The lowest BCUT2D eigenvalue weighted by atomic mass is 9.99. The van der Waals surface area contributed by atoms with E-state index in [1.165, 1.54) is 24.7 Å². The van der Waals surface area contributed by atoms with E-state index in [4.69, 9.17) is 31.7 Å². The molecule has 0 radical (unpaired) electrons. The van der Waals surface area contributed by atoms with E-state index in [1.807, 2.05) is 13.8 Å². The van der Waals surface area contributed by atoms with Gasteiger partial charge in [-0.15, -0.1) is 0 Å². The van der Waals surface area contributed by atoms with Crippen LogP contribution < -0.4 is 14.5 Å². The number of halogens is 3. The van der Waals surface area contributed by atoms with Crippen molar-refractivity contribution in [2.45, 2.75) is 51.3 Å². The Labute approximate surface area is 219 Å². The number of likely N-dealkylation sites (N-methyl/N-ethyl adjacent to an activating group) is 1. The average molecular weight is 536 g/mol. The van der Waals surface area contributed by atoms with Gasteiger partial charge >= 0.3 is 6.18 Å². The van der Waals surface area contributed by atoms with Crippen LogP contribution in [0.15, 0.2) is 42.5 Å². The third-order valence-corrected chi connectivity index (χ3v) is 6.18. The van der Waals surface area contributed by atoms with Gasteiger partial charge in [-0.3, -0.25) is 4.79 Å². The zero-order valence-electron chi connectivity index (χ0n) is 21.1. The highest BCUT2D eigenvalue weighted by Crippen LogP contribution is 2.35. The molecule has 198 valence electrons. The minimum Gasteiger partial charge on any atom is -0.491 e. The first-order valence-electron chi connectivity index (χ1n) is 11.4. The van der Waals surface area contributed by atoms with Gasteiger partial charge in [-0.05, 0) is 70.2 Å². The van der Waals surface area contributed by atoms with E-state index >= 15 is 0 Å². The van der Waals surface area contributed by atoms with Crippen molar-refractivity contribution in [3.8, 4) is 11.8 Å². The minimum atomic E-state index is -4.74. The highest BCUT2D eigenvalue weighted by atomic mass is 32.1. The van der Waals surface area contributed by atoms with E-state index in [0.29, 0.717) is 24.7 Å². The van der Waals surface area contributed by atoms with Crippen LogP contribution in [0.1, 0.15) is 38.8 Å². The van der Waals surface area contributed by atoms with Crippen molar-refractivity contribution in [3.05, 3.63) is 53.6 Å². The fourth-order valence-electron chi connectivity index (χ4n) is 3.96. The number of hydrogen-bond acceptors (Lipinski definition) is 6. The van der Waals surface area contributed by atoms with Crippen LogP contribution in [0, 0.1) is 11.3 Å². The van der Waals surface area contributed by atoms with Crippen molar-refractivity contribution >= 4 is 35.0 Å². The number of nitriles is 1. The Morgan fingerprint density at radius 1 is 1.22 bits per heavy atom. The first-order valence-corrected chi connectivity index (χ1v) is 11.9. The topological polar surface area (TPSA) is 75.0 Å². The van der Waals surface area contributed by atoms with E-state index in [-0.39, 0.29) is 11.8 Å². The zero-order chi connectivity index (χ0) is 27.6. The summed E-state index contributed by atoms with van der Waals surface area (Å²) in [6.45, 7) is 7.63. The third-order valence-electron chi connectivity index (χ3n) is 5.97. The average Bonchev–Trinajstić information content (AvgIpc) is 3.20. The van der Waals surface area contributed by atoms with Gasteiger partial charge in [0.2, 0.25) is 0 Å². The number of hydrogen-bond donors (Lipinski definition) is 0. The molecule has 37 heavy (non-hydrogen) atoms. The van der Waals surface area contributed by atoms with Crippen LogP contribution in [0.25, 0.3) is 0 Å². The molecular weight excluding hydrogens is 507 g/mol. The number of anilines is 2. The Morgan fingerprint density at radius 2 is 1.84 bits per heavy atom. The SMILES string of the molecule is CN(C(=O)C(C)(C)N(C=S)c1ccc(OCC2COC(C)(C)O2)cc1)c1ccc(C#N)c(C(F)(F)F)c1. The number of thiocarbonyl (C=S) groups is 1. The van der Waals surface area contributed by atoms with Crippen LogP contribution in [-0.4, -0.2) is 49.1 Å². The number of carbonyl (C=O) groups excluding carboxylic acids is 1.